The van der Waals surface area contributed by atoms with Gasteiger partial charge in [-0.1, -0.05) is 61.8 Å². The number of anilines is 3. The van der Waals surface area contributed by atoms with E-state index in [9.17, 15) is 9.90 Å². The Labute approximate surface area is 198 Å². The van der Waals surface area contributed by atoms with Crippen LogP contribution in [0.5, 0.6) is 0 Å². The van der Waals surface area contributed by atoms with E-state index in [1.165, 1.54) is 18.8 Å². The average Bonchev–Trinajstić information content (AvgIpc) is 2.80. The lowest BCUT2D eigenvalue weighted by molar-refractivity contribution is 0.0963. The van der Waals surface area contributed by atoms with E-state index in [0.29, 0.717) is 10.7 Å². The van der Waals surface area contributed by atoms with E-state index in [0.717, 1.165) is 12.0 Å². The van der Waals surface area contributed by atoms with Gasteiger partial charge in [-0.15, -0.1) is 0 Å². The van der Waals surface area contributed by atoms with Crippen LogP contribution in [0.3, 0.4) is 0 Å². The van der Waals surface area contributed by atoms with Crippen LogP contribution >= 0.6 is 11.6 Å². The Bertz CT molecular complexity index is 1060. The van der Waals surface area contributed by atoms with Crippen LogP contribution in [0.25, 0.3) is 0 Å². The zero-order valence-corrected chi connectivity index (χ0v) is 19.7. The van der Waals surface area contributed by atoms with Crippen LogP contribution in [0.2, 0.25) is 5.02 Å². The predicted octanol–water partition coefficient (Wildman–Crippen LogP) is 3.31. The van der Waals surface area contributed by atoms with Crippen molar-refractivity contribution < 1.29 is 15.0 Å². The van der Waals surface area contributed by atoms with Crippen LogP contribution in [-0.2, 0) is 11.8 Å². The monoisotopic (exact) mass is 471 g/mol. The molecule has 0 atom stereocenters. The van der Waals surface area contributed by atoms with E-state index >= 15 is 0 Å². The van der Waals surface area contributed by atoms with E-state index < -0.39 is 5.41 Å². The highest BCUT2D eigenvalue weighted by molar-refractivity contribution is 6.31. The van der Waals surface area contributed by atoms with Gasteiger partial charge >= 0.3 is 0 Å². The van der Waals surface area contributed by atoms with Crippen LogP contribution in [-0.4, -0.2) is 46.3 Å². The number of nitrogens with zero attached hydrogens (tertiary/aromatic N) is 2. The third-order valence-corrected chi connectivity index (χ3v) is 5.20. The van der Waals surface area contributed by atoms with Crippen molar-refractivity contribution in [3.63, 3.8) is 0 Å². The largest absolute Gasteiger partial charge is 0.396 e. The number of aromatic nitrogens is 2. The Hall–Kier alpha value is -3.20. The Balaban J connectivity index is 0.000000357. The van der Waals surface area contributed by atoms with Crippen LogP contribution in [0.15, 0.2) is 54.7 Å². The van der Waals surface area contributed by atoms with Gasteiger partial charge in [-0.05, 0) is 29.7 Å². The van der Waals surface area contributed by atoms with Gasteiger partial charge < -0.3 is 26.6 Å². The maximum absolute atomic E-state index is 11.6. The first-order valence-electron chi connectivity index (χ1n) is 10.4. The number of nitrogen functional groups attached to an aromatic ring is 1. The van der Waals surface area contributed by atoms with E-state index in [2.05, 4.69) is 20.6 Å². The molecule has 1 aromatic heterocycles. The number of benzene rings is 2. The Morgan fingerprint density at radius 2 is 1.85 bits per heavy atom. The third-order valence-electron chi connectivity index (χ3n) is 4.88. The van der Waals surface area contributed by atoms with Gasteiger partial charge in [0, 0.05) is 36.0 Å². The van der Waals surface area contributed by atoms with Crippen molar-refractivity contribution >= 4 is 35.0 Å². The highest BCUT2D eigenvalue weighted by atomic mass is 35.5. The van der Waals surface area contributed by atoms with Gasteiger partial charge in [0.1, 0.15) is 5.82 Å². The molecule has 1 heterocycles. The number of hydrogen-bond donors (Lipinski definition) is 5. The number of aliphatic hydroxyl groups excluding tert-OH is 2. The summed E-state index contributed by atoms with van der Waals surface area (Å²) in [6.45, 7) is 4.04. The Morgan fingerprint density at radius 3 is 2.39 bits per heavy atom. The van der Waals surface area contributed by atoms with Crippen molar-refractivity contribution in [1.29, 1.82) is 0 Å². The molecule has 1 amide bonds. The molecule has 0 fully saturated rings. The maximum atomic E-state index is 11.6. The van der Waals surface area contributed by atoms with Gasteiger partial charge in [0.2, 0.25) is 5.95 Å². The maximum Gasteiger partial charge on any atom is 0.256 e. The summed E-state index contributed by atoms with van der Waals surface area (Å²) in [6.07, 6.45) is 2.12. The molecule has 0 aliphatic carbocycles. The van der Waals surface area contributed by atoms with Gasteiger partial charge in [0.25, 0.3) is 5.91 Å². The lowest BCUT2D eigenvalue weighted by Crippen LogP contribution is -2.22. The first kappa shape index (κ1) is 26.1. The minimum absolute atomic E-state index is 0.0138. The van der Waals surface area contributed by atoms with Gasteiger partial charge in [-0.25, -0.2) is 4.98 Å². The van der Waals surface area contributed by atoms with E-state index in [4.69, 9.17) is 22.4 Å². The average molecular weight is 472 g/mol. The molecule has 3 rings (SSSR count). The molecule has 0 aliphatic rings. The molecule has 0 aliphatic heterocycles. The molecule has 9 heteroatoms. The van der Waals surface area contributed by atoms with Crippen LogP contribution in [0.1, 0.15) is 35.3 Å². The molecule has 0 unspecified atom stereocenters. The fourth-order valence-electron chi connectivity index (χ4n) is 2.89. The number of carbonyl (C=O) groups excluding carboxylic acids is 1. The second-order valence-corrected chi connectivity index (χ2v) is 8.30. The SMILES string of the molecule is CNC(=O)c1cnc(Nc2ccc(C(C)(C)CO)c(Cl)c2)nc1N.OCCc1ccccc1. The van der Waals surface area contributed by atoms with Gasteiger partial charge in [0.05, 0.1) is 12.2 Å². The number of halogens is 1. The quantitative estimate of drug-likeness (QED) is 0.357. The molecule has 8 nitrogen and oxygen atoms in total. The first-order chi connectivity index (χ1) is 15.7. The number of nitrogens with one attached hydrogen (secondary N) is 2. The second-order valence-electron chi connectivity index (χ2n) is 7.89. The lowest BCUT2D eigenvalue weighted by Gasteiger charge is -2.24. The topological polar surface area (TPSA) is 133 Å². The molecule has 33 heavy (non-hydrogen) atoms. The summed E-state index contributed by atoms with van der Waals surface area (Å²) in [5.74, 6) is -0.0148. The molecule has 2 aromatic carbocycles. The highest BCUT2D eigenvalue weighted by Crippen LogP contribution is 2.32. The summed E-state index contributed by atoms with van der Waals surface area (Å²) >= 11 is 6.31. The van der Waals surface area contributed by atoms with E-state index in [-0.39, 0.29) is 36.5 Å². The molecule has 176 valence electrons. The highest BCUT2D eigenvalue weighted by Gasteiger charge is 2.22. The summed E-state index contributed by atoms with van der Waals surface area (Å²) in [6, 6.07) is 15.3. The molecule has 6 N–H and O–H groups in total. The smallest absolute Gasteiger partial charge is 0.256 e. The summed E-state index contributed by atoms with van der Waals surface area (Å²) in [5, 5.41) is 24.0. The standard InChI is InChI=1S/C16H20ClN5O2.C8H10O/c1-16(2,8-23)11-5-4-9(6-12(11)17)21-15-20-7-10(13(18)22-15)14(24)19-3;9-7-6-8-4-2-1-3-5-8/h4-7,23H,8H2,1-3H3,(H,19,24)(H3,18,20,21,22);1-5,9H,6-7H2. The number of amides is 1. The van der Waals surface area contributed by atoms with E-state index in [1.807, 2.05) is 56.3 Å². The minimum atomic E-state index is -0.439. The van der Waals surface area contributed by atoms with Crippen LogP contribution < -0.4 is 16.4 Å². The molecule has 3 aromatic rings. The minimum Gasteiger partial charge on any atom is -0.396 e. The fourth-order valence-corrected chi connectivity index (χ4v) is 3.33. The zero-order valence-electron chi connectivity index (χ0n) is 19.0. The Kier molecular flexibility index (Phi) is 9.59. The Morgan fingerprint density at radius 1 is 1.15 bits per heavy atom. The van der Waals surface area contributed by atoms with Crippen LogP contribution in [0, 0.1) is 0 Å². The van der Waals surface area contributed by atoms with E-state index in [1.54, 1.807) is 6.07 Å². The molecule has 0 saturated carbocycles. The zero-order chi connectivity index (χ0) is 24.4. The van der Waals surface area contributed by atoms with Crippen molar-refractivity contribution in [2.45, 2.75) is 25.7 Å². The van der Waals surface area contributed by atoms with Crippen LogP contribution in [0.4, 0.5) is 17.5 Å². The number of hydrogen-bond acceptors (Lipinski definition) is 7. The second kappa shape index (κ2) is 12.2. The molecule has 0 bridgehead atoms. The predicted molar refractivity (Wildman–Crippen MR) is 132 cm³/mol. The molecular weight excluding hydrogens is 442 g/mol. The summed E-state index contributed by atoms with van der Waals surface area (Å²) in [7, 11) is 1.51. The number of aliphatic hydroxyl groups is 2. The molecular formula is C24H30ClN5O3. The number of nitrogens with two attached hydrogens (primary N) is 1. The van der Waals surface area contributed by atoms with Gasteiger partial charge in [-0.2, -0.15) is 4.98 Å². The molecule has 0 spiro atoms. The van der Waals surface area contributed by atoms with Gasteiger partial charge in [0.15, 0.2) is 0 Å². The lowest BCUT2D eigenvalue weighted by atomic mass is 9.85. The van der Waals surface area contributed by atoms with Crippen molar-refractivity contribution in [3.05, 3.63) is 76.4 Å². The molecule has 0 saturated heterocycles. The third kappa shape index (κ3) is 7.42. The van der Waals surface area contributed by atoms with Crippen molar-refractivity contribution in [2.24, 2.45) is 0 Å². The molecule has 0 radical (unpaired) electrons. The summed E-state index contributed by atoms with van der Waals surface area (Å²) in [5.41, 5.74) is 8.25. The first-order valence-corrected chi connectivity index (χ1v) is 10.8. The fraction of sp³-hybridized carbons (Fsp3) is 0.292. The number of rotatable bonds is 7. The summed E-state index contributed by atoms with van der Waals surface area (Å²) < 4.78 is 0. The van der Waals surface area contributed by atoms with Crippen molar-refractivity contribution in [2.75, 3.05) is 31.3 Å². The normalized spacial score (nSPS) is 10.7. The van der Waals surface area contributed by atoms with Crippen molar-refractivity contribution in [3.8, 4) is 0 Å². The van der Waals surface area contributed by atoms with Gasteiger partial charge in [-0.3, -0.25) is 4.79 Å². The number of carbonyl (C=O) groups is 1. The summed E-state index contributed by atoms with van der Waals surface area (Å²) in [4.78, 5) is 19.7. The van der Waals surface area contributed by atoms with Crippen molar-refractivity contribution in [1.82, 2.24) is 15.3 Å².